The summed E-state index contributed by atoms with van der Waals surface area (Å²) in [5.74, 6) is -1.88. The molecule has 9 heteroatoms. The van der Waals surface area contributed by atoms with E-state index in [0.717, 1.165) is 36.2 Å². The van der Waals surface area contributed by atoms with E-state index >= 15 is 0 Å². The van der Waals surface area contributed by atoms with Crippen LogP contribution in [-0.4, -0.2) is 27.8 Å². The van der Waals surface area contributed by atoms with Gasteiger partial charge in [0.15, 0.2) is 5.82 Å². The Balaban J connectivity index is 2.55. The third-order valence-corrected chi connectivity index (χ3v) is 2.58. The van der Waals surface area contributed by atoms with Crippen LogP contribution in [0.2, 0.25) is 0 Å². The molecule has 0 unspecified atom stereocenters. The van der Waals surface area contributed by atoms with E-state index < -0.39 is 33.5 Å². The number of carbonyl (C=O) groups excluding carboxylic acids is 1. The lowest BCUT2D eigenvalue weighted by atomic mass is 10.2. The molecule has 0 radical (unpaired) electrons. The molecule has 0 aliphatic carbocycles. The van der Waals surface area contributed by atoms with Crippen molar-refractivity contribution >= 4 is 11.7 Å². The lowest BCUT2D eigenvalue weighted by molar-refractivity contribution is -0.385. The molecule has 0 aliphatic heterocycles. The van der Waals surface area contributed by atoms with Gasteiger partial charge >= 0.3 is 5.97 Å². The van der Waals surface area contributed by atoms with Crippen molar-refractivity contribution in [1.29, 1.82) is 0 Å². The third kappa shape index (κ3) is 2.76. The van der Waals surface area contributed by atoms with Gasteiger partial charge in [-0.2, -0.15) is 5.10 Å². The van der Waals surface area contributed by atoms with Gasteiger partial charge in [0, 0.05) is 18.3 Å². The maximum absolute atomic E-state index is 13.9. The Morgan fingerprint density at radius 3 is 2.71 bits per heavy atom. The quantitative estimate of drug-likeness (QED) is 0.476. The van der Waals surface area contributed by atoms with Crippen molar-refractivity contribution in [2.45, 2.75) is 0 Å². The zero-order valence-corrected chi connectivity index (χ0v) is 10.6. The molecule has 2 aromatic rings. The van der Waals surface area contributed by atoms with Crippen molar-refractivity contribution in [3.8, 4) is 5.69 Å². The number of nitro groups is 1. The van der Waals surface area contributed by atoms with Gasteiger partial charge in [0.1, 0.15) is 5.69 Å². The highest BCUT2D eigenvalue weighted by Crippen LogP contribution is 2.18. The smallest absolute Gasteiger partial charge is 0.362 e. The summed E-state index contributed by atoms with van der Waals surface area (Å²) in [7, 11) is 1.08. The van der Waals surface area contributed by atoms with E-state index in [1.54, 1.807) is 0 Å². The summed E-state index contributed by atoms with van der Waals surface area (Å²) >= 11 is 0. The fraction of sp³-hybridized carbons (Fsp3) is 0.0833. The number of methoxy groups -OCH3 is 1. The molecule has 0 spiro atoms. The molecule has 1 aromatic carbocycles. The molecule has 8 nitrogen and oxygen atoms in total. The number of esters is 1. The molecular formula is C12H8FN3O5. The Bertz CT molecular complexity index is 787. The average molecular weight is 293 g/mol. The van der Waals surface area contributed by atoms with Crippen molar-refractivity contribution < 1.29 is 18.8 Å². The summed E-state index contributed by atoms with van der Waals surface area (Å²) in [5.41, 5.74) is -1.77. The first-order valence-corrected chi connectivity index (χ1v) is 5.56. The Morgan fingerprint density at radius 1 is 1.43 bits per heavy atom. The summed E-state index contributed by atoms with van der Waals surface area (Å²) in [6.07, 6.45) is 1.14. The first-order chi connectivity index (χ1) is 9.93. The van der Waals surface area contributed by atoms with Gasteiger partial charge in [-0.25, -0.2) is 13.9 Å². The normalized spacial score (nSPS) is 10.2. The van der Waals surface area contributed by atoms with Gasteiger partial charge in [-0.3, -0.25) is 14.9 Å². The third-order valence-electron chi connectivity index (χ3n) is 2.58. The number of aromatic nitrogens is 2. The predicted molar refractivity (Wildman–Crippen MR) is 67.8 cm³/mol. The SMILES string of the molecule is COC(=O)c1nn(-c2ccc([N+](=O)[O-])cc2F)ccc1=O. The Kier molecular flexibility index (Phi) is 3.74. The van der Waals surface area contributed by atoms with Crippen LogP contribution in [0.15, 0.2) is 35.3 Å². The number of nitro benzene ring substituents is 1. The highest BCUT2D eigenvalue weighted by atomic mass is 19.1. The molecular weight excluding hydrogens is 285 g/mol. The van der Waals surface area contributed by atoms with Crippen LogP contribution in [0.3, 0.4) is 0 Å². The van der Waals surface area contributed by atoms with Crippen LogP contribution in [0.1, 0.15) is 10.5 Å². The molecule has 108 valence electrons. The number of nitrogens with zero attached hydrogens (tertiary/aromatic N) is 3. The van der Waals surface area contributed by atoms with Crippen molar-refractivity contribution in [3.05, 3.63) is 62.3 Å². The monoisotopic (exact) mass is 293 g/mol. The van der Waals surface area contributed by atoms with Gasteiger partial charge in [-0.05, 0) is 6.07 Å². The van der Waals surface area contributed by atoms with Crippen molar-refractivity contribution in [2.75, 3.05) is 7.11 Å². The number of hydrogen-bond donors (Lipinski definition) is 0. The number of benzene rings is 1. The molecule has 1 aromatic heterocycles. The fourth-order valence-electron chi connectivity index (χ4n) is 1.58. The lowest BCUT2D eigenvalue weighted by Gasteiger charge is -2.07. The van der Waals surface area contributed by atoms with Gasteiger partial charge < -0.3 is 4.74 Å². The molecule has 21 heavy (non-hydrogen) atoms. The second-order valence-corrected chi connectivity index (χ2v) is 3.86. The average Bonchev–Trinajstić information content (AvgIpc) is 2.47. The second kappa shape index (κ2) is 5.49. The van der Waals surface area contributed by atoms with Crippen molar-refractivity contribution in [2.24, 2.45) is 0 Å². The van der Waals surface area contributed by atoms with Crippen LogP contribution < -0.4 is 5.43 Å². The van der Waals surface area contributed by atoms with E-state index in [2.05, 4.69) is 9.84 Å². The molecule has 1 heterocycles. The van der Waals surface area contributed by atoms with E-state index in [1.165, 1.54) is 0 Å². The van der Waals surface area contributed by atoms with Crippen LogP contribution in [0.25, 0.3) is 5.69 Å². The highest BCUT2D eigenvalue weighted by molar-refractivity contribution is 5.86. The highest BCUT2D eigenvalue weighted by Gasteiger charge is 2.16. The number of halogens is 1. The number of rotatable bonds is 3. The first-order valence-electron chi connectivity index (χ1n) is 5.56. The number of carbonyl (C=O) groups is 1. The van der Waals surface area contributed by atoms with Crippen LogP contribution >= 0.6 is 0 Å². The minimum Gasteiger partial charge on any atom is -0.464 e. The Hall–Kier alpha value is -3.10. The minimum absolute atomic E-state index is 0.147. The fourth-order valence-corrected chi connectivity index (χ4v) is 1.58. The van der Waals surface area contributed by atoms with Gasteiger partial charge in [0.2, 0.25) is 11.1 Å². The molecule has 0 fully saturated rings. The standard InChI is InChI=1S/C12H8FN3O5/c1-21-12(18)11-10(17)4-5-15(14-11)9-3-2-7(16(19)20)6-8(9)13/h2-6H,1H3. The summed E-state index contributed by atoms with van der Waals surface area (Å²) in [4.78, 5) is 32.6. The topological polar surface area (TPSA) is 104 Å². The summed E-state index contributed by atoms with van der Waals surface area (Å²) < 4.78 is 19.2. The Morgan fingerprint density at radius 2 is 2.14 bits per heavy atom. The summed E-state index contributed by atoms with van der Waals surface area (Å²) in [6, 6.07) is 3.93. The molecule has 0 aliphatic rings. The molecule has 0 amide bonds. The van der Waals surface area contributed by atoms with E-state index in [0.29, 0.717) is 6.07 Å². The number of hydrogen-bond acceptors (Lipinski definition) is 6. The van der Waals surface area contributed by atoms with Crippen molar-refractivity contribution in [3.63, 3.8) is 0 Å². The van der Waals surface area contributed by atoms with Crippen LogP contribution in [0.5, 0.6) is 0 Å². The Labute approximate surface area is 116 Å². The maximum Gasteiger partial charge on any atom is 0.362 e. The van der Waals surface area contributed by atoms with Gasteiger partial charge in [-0.15, -0.1) is 0 Å². The largest absolute Gasteiger partial charge is 0.464 e. The summed E-state index contributed by atoms with van der Waals surface area (Å²) in [5, 5.41) is 14.2. The van der Waals surface area contributed by atoms with Crippen LogP contribution in [-0.2, 0) is 4.74 Å². The zero-order chi connectivity index (χ0) is 15.6. The lowest BCUT2D eigenvalue weighted by Crippen LogP contribution is -2.21. The van der Waals surface area contributed by atoms with Crippen molar-refractivity contribution in [1.82, 2.24) is 9.78 Å². The summed E-state index contributed by atoms with van der Waals surface area (Å²) in [6.45, 7) is 0. The van der Waals surface area contributed by atoms with Gasteiger partial charge in [0.25, 0.3) is 5.69 Å². The van der Waals surface area contributed by atoms with E-state index in [4.69, 9.17) is 0 Å². The molecule has 0 atom stereocenters. The van der Waals surface area contributed by atoms with E-state index in [1.807, 2.05) is 0 Å². The van der Waals surface area contributed by atoms with Gasteiger partial charge in [0.05, 0.1) is 18.1 Å². The minimum atomic E-state index is -0.961. The second-order valence-electron chi connectivity index (χ2n) is 3.86. The molecule has 2 rings (SSSR count). The zero-order valence-electron chi connectivity index (χ0n) is 10.6. The van der Waals surface area contributed by atoms with Gasteiger partial charge in [-0.1, -0.05) is 0 Å². The molecule has 0 bridgehead atoms. The molecule has 0 saturated carbocycles. The van der Waals surface area contributed by atoms with Crippen LogP contribution in [0.4, 0.5) is 10.1 Å². The first kappa shape index (κ1) is 14.3. The van der Waals surface area contributed by atoms with Crippen LogP contribution in [0, 0.1) is 15.9 Å². The van der Waals surface area contributed by atoms with E-state index in [9.17, 15) is 24.1 Å². The van der Waals surface area contributed by atoms with E-state index in [-0.39, 0.29) is 5.69 Å². The predicted octanol–water partition coefficient (Wildman–Crippen LogP) is 1.07. The molecule has 0 N–H and O–H groups in total. The number of ether oxygens (including phenoxy) is 1. The maximum atomic E-state index is 13.9. The molecule has 0 saturated heterocycles. The number of non-ortho nitro benzene ring substituents is 1.